The predicted molar refractivity (Wildman–Crippen MR) is 75.1 cm³/mol. The molecule has 3 atom stereocenters. The summed E-state index contributed by atoms with van der Waals surface area (Å²) in [5, 5.41) is 11.7. The zero-order valence-electron chi connectivity index (χ0n) is 12.6. The van der Waals surface area contributed by atoms with Crippen LogP contribution in [-0.4, -0.2) is 67.1 Å². The summed E-state index contributed by atoms with van der Waals surface area (Å²) in [5.41, 5.74) is 0. The molecule has 1 heterocycles. The van der Waals surface area contributed by atoms with Gasteiger partial charge >= 0.3 is 12.0 Å². The Hall–Kier alpha value is -1.34. The van der Waals surface area contributed by atoms with Gasteiger partial charge in [0.2, 0.25) is 0 Å². The highest BCUT2D eigenvalue weighted by Gasteiger charge is 2.37. The van der Waals surface area contributed by atoms with Crippen molar-refractivity contribution in [2.75, 3.05) is 26.8 Å². The molecule has 0 radical (unpaired) electrons. The zero-order chi connectivity index (χ0) is 15.4. The van der Waals surface area contributed by atoms with Crippen LogP contribution in [0.25, 0.3) is 0 Å². The van der Waals surface area contributed by atoms with Crippen molar-refractivity contribution in [3.05, 3.63) is 0 Å². The van der Waals surface area contributed by atoms with Crippen LogP contribution in [0.5, 0.6) is 0 Å². The number of aliphatic carboxylic acids is 1. The number of carboxylic acid groups (broad SMARTS) is 1. The molecule has 0 spiro atoms. The minimum absolute atomic E-state index is 0.127. The highest BCUT2D eigenvalue weighted by molar-refractivity contribution is 5.76. The van der Waals surface area contributed by atoms with Gasteiger partial charge in [0.1, 0.15) is 0 Å². The van der Waals surface area contributed by atoms with Gasteiger partial charge in [-0.05, 0) is 25.7 Å². The lowest BCUT2D eigenvalue weighted by molar-refractivity contribution is -0.138. The van der Waals surface area contributed by atoms with Crippen LogP contribution in [0.15, 0.2) is 0 Å². The SMILES string of the molecule is CO[C@H](C)[C@@H](CC(=O)O)NC(=O)N1CCOC(C2CC2)C1. The fourth-order valence-corrected chi connectivity index (χ4v) is 2.55. The molecule has 0 aromatic rings. The van der Waals surface area contributed by atoms with E-state index in [0.29, 0.717) is 25.6 Å². The van der Waals surface area contributed by atoms with Crippen molar-refractivity contribution in [3.8, 4) is 0 Å². The highest BCUT2D eigenvalue weighted by atomic mass is 16.5. The van der Waals surface area contributed by atoms with Gasteiger partial charge in [0.15, 0.2) is 0 Å². The normalized spacial score (nSPS) is 25.2. The average molecular weight is 300 g/mol. The maximum Gasteiger partial charge on any atom is 0.317 e. The van der Waals surface area contributed by atoms with Gasteiger partial charge in [0, 0.05) is 20.2 Å². The summed E-state index contributed by atoms with van der Waals surface area (Å²) in [6.07, 6.45) is 1.95. The number of carbonyl (C=O) groups excluding carboxylic acids is 1. The molecule has 2 aliphatic rings. The molecule has 7 nitrogen and oxygen atoms in total. The van der Waals surface area contributed by atoms with Gasteiger partial charge in [-0.25, -0.2) is 4.79 Å². The third-order valence-corrected chi connectivity index (χ3v) is 4.17. The van der Waals surface area contributed by atoms with E-state index in [1.165, 1.54) is 20.0 Å². The Kier molecular flexibility index (Phi) is 5.41. The highest BCUT2D eigenvalue weighted by Crippen LogP contribution is 2.35. The van der Waals surface area contributed by atoms with E-state index < -0.39 is 12.0 Å². The molecule has 2 rings (SSSR count). The molecule has 0 aromatic carbocycles. The van der Waals surface area contributed by atoms with E-state index in [2.05, 4.69) is 5.32 Å². The number of ether oxygens (including phenoxy) is 2. The number of carbonyl (C=O) groups is 2. The van der Waals surface area contributed by atoms with E-state index in [1.54, 1.807) is 11.8 Å². The topological polar surface area (TPSA) is 88.1 Å². The molecule has 7 heteroatoms. The Labute approximate surface area is 124 Å². The van der Waals surface area contributed by atoms with Crippen LogP contribution in [0.3, 0.4) is 0 Å². The summed E-state index contributed by atoms with van der Waals surface area (Å²) < 4.78 is 10.8. The Balaban J connectivity index is 1.89. The van der Waals surface area contributed by atoms with Gasteiger partial charge in [0.25, 0.3) is 0 Å². The number of morpholine rings is 1. The molecule has 2 N–H and O–H groups in total. The number of carboxylic acids is 1. The van der Waals surface area contributed by atoms with E-state index >= 15 is 0 Å². The third kappa shape index (κ3) is 4.57. The number of amides is 2. The number of nitrogens with one attached hydrogen (secondary N) is 1. The first-order chi connectivity index (χ1) is 10.0. The summed E-state index contributed by atoms with van der Waals surface area (Å²) in [5.74, 6) is -0.379. The number of hydrogen-bond donors (Lipinski definition) is 2. The van der Waals surface area contributed by atoms with Crippen molar-refractivity contribution in [2.24, 2.45) is 5.92 Å². The largest absolute Gasteiger partial charge is 0.481 e. The molecular weight excluding hydrogens is 276 g/mol. The van der Waals surface area contributed by atoms with Crippen molar-refractivity contribution in [1.29, 1.82) is 0 Å². The molecular formula is C14H24N2O5. The minimum Gasteiger partial charge on any atom is -0.481 e. The zero-order valence-corrected chi connectivity index (χ0v) is 12.6. The van der Waals surface area contributed by atoms with Crippen LogP contribution in [0.1, 0.15) is 26.2 Å². The van der Waals surface area contributed by atoms with Crippen molar-refractivity contribution >= 4 is 12.0 Å². The van der Waals surface area contributed by atoms with Crippen molar-refractivity contribution < 1.29 is 24.2 Å². The van der Waals surface area contributed by atoms with Gasteiger partial charge in [-0.2, -0.15) is 0 Å². The maximum atomic E-state index is 12.3. The second-order valence-electron chi connectivity index (χ2n) is 5.79. The predicted octanol–water partition coefficient (Wildman–Crippen LogP) is 0.685. The average Bonchev–Trinajstić information content (AvgIpc) is 3.30. The quantitative estimate of drug-likeness (QED) is 0.753. The Morgan fingerprint density at radius 1 is 1.48 bits per heavy atom. The molecule has 1 aliphatic carbocycles. The molecule has 21 heavy (non-hydrogen) atoms. The summed E-state index contributed by atoms with van der Waals surface area (Å²) in [4.78, 5) is 24.9. The van der Waals surface area contributed by atoms with Crippen molar-refractivity contribution in [1.82, 2.24) is 10.2 Å². The number of hydrogen-bond acceptors (Lipinski definition) is 4. The molecule has 0 bridgehead atoms. The maximum absolute atomic E-state index is 12.3. The lowest BCUT2D eigenvalue weighted by Gasteiger charge is -2.34. The summed E-state index contributed by atoms with van der Waals surface area (Å²) >= 11 is 0. The van der Waals surface area contributed by atoms with Gasteiger partial charge in [-0.3, -0.25) is 4.79 Å². The van der Waals surface area contributed by atoms with Gasteiger partial charge in [-0.1, -0.05) is 0 Å². The van der Waals surface area contributed by atoms with E-state index in [4.69, 9.17) is 14.6 Å². The smallest absolute Gasteiger partial charge is 0.317 e. The monoisotopic (exact) mass is 300 g/mol. The second-order valence-corrected chi connectivity index (χ2v) is 5.79. The summed E-state index contributed by atoms with van der Waals surface area (Å²) in [6, 6.07) is -0.777. The fourth-order valence-electron chi connectivity index (χ4n) is 2.55. The van der Waals surface area contributed by atoms with Crippen molar-refractivity contribution in [3.63, 3.8) is 0 Å². The molecule has 1 saturated carbocycles. The van der Waals surface area contributed by atoms with Crippen LogP contribution in [0.4, 0.5) is 4.79 Å². The van der Waals surface area contributed by atoms with Gasteiger partial charge in [0.05, 0.1) is 31.3 Å². The van der Waals surface area contributed by atoms with Gasteiger partial charge < -0.3 is 24.8 Å². The number of rotatable bonds is 6. The first-order valence-electron chi connectivity index (χ1n) is 7.43. The Morgan fingerprint density at radius 2 is 2.19 bits per heavy atom. The summed E-state index contributed by atoms with van der Waals surface area (Å²) in [7, 11) is 1.50. The molecule has 120 valence electrons. The van der Waals surface area contributed by atoms with Crippen LogP contribution in [-0.2, 0) is 14.3 Å². The first-order valence-corrected chi connectivity index (χ1v) is 7.43. The lowest BCUT2D eigenvalue weighted by atomic mass is 10.1. The van der Waals surface area contributed by atoms with Crippen molar-refractivity contribution in [2.45, 2.75) is 44.4 Å². The van der Waals surface area contributed by atoms with E-state index in [9.17, 15) is 9.59 Å². The van der Waals surface area contributed by atoms with Crippen LogP contribution < -0.4 is 5.32 Å². The Bertz CT molecular complexity index is 386. The number of urea groups is 1. The minimum atomic E-state index is -0.956. The molecule has 2 fully saturated rings. The first kappa shape index (κ1) is 16.0. The second kappa shape index (κ2) is 7.09. The van der Waals surface area contributed by atoms with Gasteiger partial charge in [-0.15, -0.1) is 0 Å². The van der Waals surface area contributed by atoms with Crippen LogP contribution in [0.2, 0.25) is 0 Å². The number of methoxy groups -OCH3 is 1. The lowest BCUT2D eigenvalue weighted by Crippen LogP contribution is -2.54. The molecule has 2 amide bonds. The number of nitrogens with zero attached hydrogens (tertiary/aromatic N) is 1. The van der Waals surface area contributed by atoms with Crippen LogP contribution >= 0.6 is 0 Å². The summed E-state index contributed by atoms with van der Waals surface area (Å²) in [6.45, 7) is 3.41. The molecule has 1 saturated heterocycles. The molecule has 1 aliphatic heterocycles. The van der Waals surface area contributed by atoms with Crippen LogP contribution in [0, 0.1) is 5.92 Å². The molecule has 1 unspecified atom stereocenters. The van der Waals surface area contributed by atoms with E-state index in [0.717, 1.165) is 0 Å². The third-order valence-electron chi connectivity index (χ3n) is 4.17. The fraction of sp³-hybridized carbons (Fsp3) is 0.857. The van der Waals surface area contributed by atoms with E-state index in [-0.39, 0.29) is 24.7 Å². The molecule has 0 aromatic heterocycles. The van der Waals surface area contributed by atoms with E-state index in [1.807, 2.05) is 0 Å². The Morgan fingerprint density at radius 3 is 2.76 bits per heavy atom. The standard InChI is InChI=1S/C14H24N2O5/c1-9(20-2)11(7-13(17)18)15-14(19)16-5-6-21-12(8-16)10-3-4-10/h9-12H,3-8H2,1-2H3,(H,15,19)(H,17,18)/t9-,11-,12?/m1/s1.